The van der Waals surface area contributed by atoms with Crippen molar-refractivity contribution in [2.45, 2.75) is 26.3 Å². The number of hydrogen-bond acceptors (Lipinski definition) is 3. The highest BCUT2D eigenvalue weighted by atomic mass is 79.9. The standard InChI is InChI=1S/C13H16BrN3O/c1-3-9(2)17-13(18)8-16-12-5-4-10(7-15)6-11(12)14/h4-6,9,16H,3,8H2,1-2H3,(H,17,18). The van der Waals surface area contributed by atoms with Crippen molar-refractivity contribution < 1.29 is 4.79 Å². The van der Waals surface area contributed by atoms with E-state index in [1.165, 1.54) is 0 Å². The molecule has 5 heteroatoms. The predicted molar refractivity (Wildman–Crippen MR) is 75.2 cm³/mol. The molecule has 0 aliphatic heterocycles. The number of nitrogens with zero attached hydrogens (tertiary/aromatic N) is 1. The van der Waals surface area contributed by atoms with Crippen molar-refractivity contribution in [2.75, 3.05) is 11.9 Å². The number of carbonyl (C=O) groups excluding carboxylic acids is 1. The molecule has 0 saturated carbocycles. The van der Waals surface area contributed by atoms with Gasteiger partial charge in [0.05, 0.1) is 18.2 Å². The van der Waals surface area contributed by atoms with Gasteiger partial charge in [0.15, 0.2) is 0 Å². The van der Waals surface area contributed by atoms with E-state index in [0.29, 0.717) is 5.56 Å². The summed E-state index contributed by atoms with van der Waals surface area (Å²) in [5.74, 6) is -0.0411. The van der Waals surface area contributed by atoms with Crippen LogP contribution in [0.15, 0.2) is 22.7 Å². The zero-order chi connectivity index (χ0) is 13.5. The summed E-state index contributed by atoms with van der Waals surface area (Å²) < 4.78 is 0.776. The van der Waals surface area contributed by atoms with Gasteiger partial charge in [-0.05, 0) is 47.5 Å². The Labute approximate surface area is 116 Å². The third kappa shape index (κ3) is 4.38. The molecule has 0 aliphatic carbocycles. The van der Waals surface area contributed by atoms with Crippen LogP contribution in [0.3, 0.4) is 0 Å². The van der Waals surface area contributed by atoms with Crippen LogP contribution < -0.4 is 10.6 Å². The van der Waals surface area contributed by atoms with Gasteiger partial charge in [-0.3, -0.25) is 4.79 Å². The van der Waals surface area contributed by atoms with Gasteiger partial charge in [-0.25, -0.2) is 0 Å². The van der Waals surface area contributed by atoms with Crippen molar-refractivity contribution in [2.24, 2.45) is 0 Å². The molecule has 1 amide bonds. The number of halogens is 1. The summed E-state index contributed by atoms with van der Waals surface area (Å²) in [5.41, 5.74) is 1.38. The molecule has 1 rings (SSSR count). The average Bonchev–Trinajstić information content (AvgIpc) is 2.36. The molecule has 0 spiro atoms. The van der Waals surface area contributed by atoms with E-state index in [1.54, 1.807) is 18.2 Å². The maximum absolute atomic E-state index is 11.6. The van der Waals surface area contributed by atoms with E-state index in [0.717, 1.165) is 16.6 Å². The van der Waals surface area contributed by atoms with Gasteiger partial charge in [0.2, 0.25) is 5.91 Å². The van der Waals surface area contributed by atoms with Crippen LogP contribution >= 0.6 is 15.9 Å². The average molecular weight is 310 g/mol. The van der Waals surface area contributed by atoms with Crippen LogP contribution in [0.4, 0.5) is 5.69 Å². The van der Waals surface area contributed by atoms with Gasteiger partial charge in [0, 0.05) is 16.2 Å². The molecule has 0 bridgehead atoms. The van der Waals surface area contributed by atoms with Crippen LogP contribution in [0, 0.1) is 11.3 Å². The molecule has 0 aromatic heterocycles. The highest BCUT2D eigenvalue weighted by molar-refractivity contribution is 9.10. The summed E-state index contributed by atoms with van der Waals surface area (Å²) in [6, 6.07) is 7.44. The maximum Gasteiger partial charge on any atom is 0.239 e. The van der Waals surface area contributed by atoms with E-state index < -0.39 is 0 Å². The molecule has 0 heterocycles. The molecule has 2 N–H and O–H groups in total. The molecule has 1 aromatic rings. The van der Waals surface area contributed by atoms with Crippen molar-refractivity contribution in [3.8, 4) is 6.07 Å². The number of rotatable bonds is 5. The van der Waals surface area contributed by atoms with Crippen LogP contribution in [0.2, 0.25) is 0 Å². The normalized spacial score (nSPS) is 11.4. The molecule has 0 radical (unpaired) electrons. The Morgan fingerprint density at radius 3 is 2.83 bits per heavy atom. The second-order valence-electron chi connectivity index (χ2n) is 4.04. The number of nitrogens with one attached hydrogen (secondary N) is 2. The first kappa shape index (κ1) is 14.5. The van der Waals surface area contributed by atoms with Crippen LogP contribution in [-0.2, 0) is 4.79 Å². The van der Waals surface area contributed by atoms with E-state index in [9.17, 15) is 4.79 Å². The first-order valence-electron chi connectivity index (χ1n) is 5.79. The van der Waals surface area contributed by atoms with E-state index in [1.807, 2.05) is 13.8 Å². The highest BCUT2D eigenvalue weighted by Crippen LogP contribution is 2.23. The Bertz CT molecular complexity index is 468. The Hall–Kier alpha value is -1.54. The summed E-state index contributed by atoms with van der Waals surface area (Å²) in [7, 11) is 0. The smallest absolute Gasteiger partial charge is 0.239 e. The van der Waals surface area contributed by atoms with Gasteiger partial charge in [0.25, 0.3) is 0 Å². The monoisotopic (exact) mass is 309 g/mol. The quantitative estimate of drug-likeness (QED) is 0.879. The number of anilines is 1. The molecule has 1 atom stereocenters. The molecule has 0 fully saturated rings. The lowest BCUT2D eigenvalue weighted by Gasteiger charge is -2.13. The first-order valence-corrected chi connectivity index (χ1v) is 6.59. The second-order valence-corrected chi connectivity index (χ2v) is 4.89. The molecular formula is C13H16BrN3O. The lowest BCUT2D eigenvalue weighted by Crippen LogP contribution is -2.36. The van der Waals surface area contributed by atoms with Gasteiger partial charge in [-0.1, -0.05) is 6.92 Å². The summed E-state index contributed by atoms with van der Waals surface area (Å²) in [6.07, 6.45) is 0.909. The second kappa shape index (κ2) is 7.02. The Kier molecular flexibility index (Phi) is 5.66. The molecule has 1 aromatic carbocycles. The first-order chi connectivity index (χ1) is 8.56. The van der Waals surface area contributed by atoms with E-state index in [4.69, 9.17) is 5.26 Å². The van der Waals surface area contributed by atoms with Gasteiger partial charge >= 0.3 is 0 Å². The Morgan fingerprint density at radius 1 is 1.56 bits per heavy atom. The van der Waals surface area contributed by atoms with Crippen LogP contribution in [0.25, 0.3) is 0 Å². The summed E-state index contributed by atoms with van der Waals surface area (Å²) in [4.78, 5) is 11.6. The number of nitriles is 1. The molecule has 18 heavy (non-hydrogen) atoms. The minimum atomic E-state index is -0.0411. The summed E-state index contributed by atoms with van der Waals surface area (Å²) >= 11 is 3.36. The molecule has 0 saturated heterocycles. The Morgan fingerprint density at radius 2 is 2.28 bits per heavy atom. The molecule has 4 nitrogen and oxygen atoms in total. The van der Waals surface area contributed by atoms with E-state index in [-0.39, 0.29) is 18.5 Å². The minimum Gasteiger partial charge on any atom is -0.375 e. The lowest BCUT2D eigenvalue weighted by molar-refractivity contribution is -0.120. The number of amides is 1. The fraction of sp³-hybridized carbons (Fsp3) is 0.385. The van der Waals surface area contributed by atoms with E-state index >= 15 is 0 Å². The Balaban J connectivity index is 2.54. The maximum atomic E-state index is 11.6. The van der Waals surface area contributed by atoms with Gasteiger partial charge < -0.3 is 10.6 Å². The largest absolute Gasteiger partial charge is 0.375 e. The fourth-order valence-corrected chi connectivity index (χ4v) is 1.85. The van der Waals surface area contributed by atoms with Crippen molar-refractivity contribution in [3.05, 3.63) is 28.2 Å². The van der Waals surface area contributed by atoms with Crippen molar-refractivity contribution in [3.63, 3.8) is 0 Å². The van der Waals surface area contributed by atoms with E-state index in [2.05, 4.69) is 32.6 Å². The molecule has 1 unspecified atom stereocenters. The topological polar surface area (TPSA) is 64.9 Å². The molecule has 0 aliphatic rings. The number of hydrogen-bond donors (Lipinski definition) is 2. The molecule has 96 valence electrons. The zero-order valence-corrected chi connectivity index (χ0v) is 12.0. The number of benzene rings is 1. The van der Waals surface area contributed by atoms with Crippen molar-refractivity contribution in [1.82, 2.24) is 5.32 Å². The van der Waals surface area contributed by atoms with Gasteiger partial charge in [-0.2, -0.15) is 5.26 Å². The lowest BCUT2D eigenvalue weighted by atomic mass is 10.2. The number of carbonyl (C=O) groups is 1. The van der Waals surface area contributed by atoms with Crippen LogP contribution in [0.1, 0.15) is 25.8 Å². The van der Waals surface area contributed by atoms with Crippen LogP contribution in [-0.4, -0.2) is 18.5 Å². The SMILES string of the molecule is CCC(C)NC(=O)CNc1ccc(C#N)cc1Br. The summed E-state index contributed by atoms with van der Waals surface area (Å²) in [6.45, 7) is 4.21. The highest BCUT2D eigenvalue weighted by Gasteiger charge is 2.06. The third-order valence-electron chi connectivity index (χ3n) is 2.56. The third-order valence-corrected chi connectivity index (χ3v) is 3.21. The zero-order valence-electron chi connectivity index (χ0n) is 10.5. The predicted octanol–water partition coefficient (Wildman–Crippen LogP) is 2.65. The molecular weight excluding hydrogens is 294 g/mol. The van der Waals surface area contributed by atoms with Crippen molar-refractivity contribution in [1.29, 1.82) is 5.26 Å². The van der Waals surface area contributed by atoms with Gasteiger partial charge in [-0.15, -0.1) is 0 Å². The minimum absolute atomic E-state index is 0.0411. The van der Waals surface area contributed by atoms with Crippen molar-refractivity contribution >= 4 is 27.5 Å². The van der Waals surface area contributed by atoms with Gasteiger partial charge in [0.1, 0.15) is 0 Å². The fourth-order valence-electron chi connectivity index (χ4n) is 1.33. The van der Waals surface area contributed by atoms with Crippen LogP contribution in [0.5, 0.6) is 0 Å². The summed E-state index contributed by atoms with van der Waals surface area (Å²) in [5, 5.41) is 14.6.